The number of aryl methyl sites for hydroxylation is 1. The maximum Gasteiger partial charge on any atom is 0.246 e. The van der Waals surface area contributed by atoms with Crippen molar-refractivity contribution in [2.24, 2.45) is 7.05 Å². The number of rotatable bonds is 6. The van der Waals surface area contributed by atoms with Crippen LogP contribution in [-0.2, 0) is 11.8 Å². The van der Waals surface area contributed by atoms with Gasteiger partial charge in [-0.3, -0.25) is 9.48 Å². The normalized spacial score (nSPS) is 12.0. The van der Waals surface area contributed by atoms with E-state index in [9.17, 15) is 4.79 Å². The van der Waals surface area contributed by atoms with Gasteiger partial charge in [0.05, 0.1) is 12.8 Å². The molecule has 2 rings (SSSR count). The Morgan fingerprint density at radius 3 is 2.90 bits per heavy atom. The average Bonchev–Trinajstić information content (AvgIpc) is 2.87. The van der Waals surface area contributed by atoms with Crippen LogP contribution in [0.2, 0.25) is 0 Å². The molecule has 21 heavy (non-hydrogen) atoms. The van der Waals surface area contributed by atoms with Gasteiger partial charge in [-0.15, -0.1) is 0 Å². The van der Waals surface area contributed by atoms with Crippen LogP contribution in [0, 0.1) is 0 Å². The van der Waals surface area contributed by atoms with Crippen molar-refractivity contribution in [1.82, 2.24) is 15.1 Å². The fraction of sp³-hybridized carbons (Fsp3) is 0.333. The van der Waals surface area contributed by atoms with Crippen molar-refractivity contribution in [3.8, 4) is 5.75 Å². The number of amides is 1. The highest BCUT2D eigenvalue weighted by molar-refractivity contribution is 5.95. The molecule has 1 amide bonds. The van der Waals surface area contributed by atoms with Crippen LogP contribution in [-0.4, -0.2) is 29.3 Å². The minimum Gasteiger partial charge on any atom is -0.494 e. The van der Waals surface area contributed by atoms with E-state index in [0.29, 0.717) is 12.3 Å². The molecule has 1 aromatic heterocycles. The smallest absolute Gasteiger partial charge is 0.246 e. The van der Waals surface area contributed by atoms with Crippen molar-refractivity contribution in [1.29, 1.82) is 0 Å². The van der Waals surface area contributed by atoms with Crippen molar-refractivity contribution in [2.75, 3.05) is 19.0 Å². The summed E-state index contributed by atoms with van der Waals surface area (Å²) < 4.78 is 7.09. The minimum absolute atomic E-state index is 0.140. The van der Waals surface area contributed by atoms with E-state index in [1.54, 1.807) is 24.0 Å². The van der Waals surface area contributed by atoms with E-state index < -0.39 is 6.04 Å². The van der Waals surface area contributed by atoms with Gasteiger partial charge < -0.3 is 15.4 Å². The molecule has 6 nitrogen and oxygen atoms in total. The molecule has 0 bridgehead atoms. The monoisotopic (exact) mass is 288 g/mol. The Hall–Kier alpha value is -2.34. The first-order chi connectivity index (χ1) is 10.1. The lowest BCUT2D eigenvalue weighted by atomic mass is 10.1. The summed E-state index contributed by atoms with van der Waals surface area (Å²) in [6, 6.07) is 6.89. The van der Waals surface area contributed by atoms with Gasteiger partial charge in [0, 0.05) is 30.6 Å². The highest BCUT2D eigenvalue weighted by Crippen LogP contribution is 2.19. The second kappa shape index (κ2) is 6.90. The number of benzene rings is 1. The Labute approximate surface area is 124 Å². The largest absolute Gasteiger partial charge is 0.494 e. The lowest BCUT2D eigenvalue weighted by Crippen LogP contribution is -2.30. The molecule has 112 valence electrons. The molecule has 0 aliphatic rings. The SMILES string of the molecule is CCOc1cccc(NC(=O)C(NC)c2cnn(C)c2)c1. The molecule has 0 saturated heterocycles. The zero-order chi connectivity index (χ0) is 15.2. The van der Waals surface area contributed by atoms with Crippen molar-refractivity contribution >= 4 is 11.6 Å². The number of hydrogen-bond donors (Lipinski definition) is 2. The second-order valence-corrected chi connectivity index (χ2v) is 4.62. The van der Waals surface area contributed by atoms with E-state index in [1.807, 2.05) is 38.4 Å². The van der Waals surface area contributed by atoms with Gasteiger partial charge in [0.25, 0.3) is 0 Å². The number of anilines is 1. The lowest BCUT2D eigenvalue weighted by Gasteiger charge is -2.15. The van der Waals surface area contributed by atoms with Crippen molar-refractivity contribution in [3.05, 3.63) is 42.2 Å². The molecule has 1 unspecified atom stereocenters. The van der Waals surface area contributed by atoms with Crippen LogP contribution in [0.1, 0.15) is 18.5 Å². The van der Waals surface area contributed by atoms with E-state index >= 15 is 0 Å². The predicted octanol–water partition coefficient (Wildman–Crippen LogP) is 1.72. The van der Waals surface area contributed by atoms with E-state index in [4.69, 9.17) is 4.74 Å². The van der Waals surface area contributed by atoms with Gasteiger partial charge in [-0.05, 0) is 26.1 Å². The summed E-state index contributed by atoms with van der Waals surface area (Å²) in [4.78, 5) is 12.4. The Kier molecular flexibility index (Phi) is 4.94. The Morgan fingerprint density at radius 2 is 2.29 bits per heavy atom. The number of hydrogen-bond acceptors (Lipinski definition) is 4. The number of ether oxygens (including phenoxy) is 1. The Bertz CT molecular complexity index is 609. The topological polar surface area (TPSA) is 68.2 Å². The van der Waals surface area contributed by atoms with Crippen LogP contribution < -0.4 is 15.4 Å². The molecule has 0 fully saturated rings. The van der Waals surface area contributed by atoms with E-state index in [0.717, 1.165) is 11.3 Å². The highest BCUT2D eigenvalue weighted by Gasteiger charge is 2.20. The summed E-state index contributed by atoms with van der Waals surface area (Å²) in [6.07, 6.45) is 3.49. The maximum atomic E-state index is 12.4. The minimum atomic E-state index is -0.450. The molecule has 6 heteroatoms. The van der Waals surface area contributed by atoms with Gasteiger partial charge in [0.2, 0.25) is 5.91 Å². The summed E-state index contributed by atoms with van der Waals surface area (Å²) in [7, 11) is 3.56. The predicted molar refractivity (Wildman–Crippen MR) is 81.2 cm³/mol. The number of nitrogens with zero attached hydrogens (tertiary/aromatic N) is 2. The average molecular weight is 288 g/mol. The lowest BCUT2D eigenvalue weighted by molar-refractivity contribution is -0.118. The van der Waals surface area contributed by atoms with Gasteiger partial charge in [0.15, 0.2) is 0 Å². The first-order valence-corrected chi connectivity index (χ1v) is 6.83. The molecule has 1 atom stereocenters. The molecule has 2 aromatic rings. The maximum absolute atomic E-state index is 12.4. The quantitative estimate of drug-likeness (QED) is 0.849. The molecule has 0 spiro atoms. The van der Waals surface area contributed by atoms with Crippen LogP contribution in [0.4, 0.5) is 5.69 Å². The van der Waals surface area contributed by atoms with E-state index in [-0.39, 0.29) is 5.91 Å². The van der Waals surface area contributed by atoms with Gasteiger partial charge in [-0.2, -0.15) is 5.10 Å². The molecule has 1 heterocycles. The number of carbonyl (C=O) groups excluding carboxylic acids is 1. The first-order valence-electron chi connectivity index (χ1n) is 6.83. The molecular weight excluding hydrogens is 268 g/mol. The summed E-state index contributed by atoms with van der Waals surface area (Å²) in [6.45, 7) is 2.51. The third kappa shape index (κ3) is 3.82. The number of carbonyl (C=O) groups is 1. The summed E-state index contributed by atoms with van der Waals surface area (Å²) in [5.74, 6) is 0.594. The zero-order valence-electron chi connectivity index (χ0n) is 12.5. The third-order valence-electron chi connectivity index (χ3n) is 3.02. The second-order valence-electron chi connectivity index (χ2n) is 4.62. The number of nitrogens with one attached hydrogen (secondary N) is 2. The molecule has 0 aliphatic heterocycles. The van der Waals surface area contributed by atoms with Gasteiger partial charge in [0.1, 0.15) is 11.8 Å². The van der Waals surface area contributed by atoms with E-state index in [1.165, 1.54) is 0 Å². The number of aromatic nitrogens is 2. The number of likely N-dealkylation sites (N-methyl/N-ethyl adjacent to an activating group) is 1. The van der Waals surface area contributed by atoms with Gasteiger partial charge in [-0.25, -0.2) is 0 Å². The van der Waals surface area contributed by atoms with Crippen LogP contribution >= 0.6 is 0 Å². The summed E-state index contributed by atoms with van der Waals surface area (Å²) >= 11 is 0. The van der Waals surface area contributed by atoms with E-state index in [2.05, 4.69) is 15.7 Å². The van der Waals surface area contributed by atoms with Crippen molar-refractivity contribution < 1.29 is 9.53 Å². The Balaban J connectivity index is 2.10. The third-order valence-corrected chi connectivity index (χ3v) is 3.02. The molecular formula is C15H20N4O2. The molecule has 0 aliphatic carbocycles. The molecule has 2 N–H and O–H groups in total. The van der Waals surface area contributed by atoms with Gasteiger partial charge in [-0.1, -0.05) is 6.07 Å². The Morgan fingerprint density at radius 1 is 1.48 bits per heavy atom. The standard InChI is InChI=1S/C15H20N4O2/c1-4-21-13-7-5-6-12(8-13)18-15(20)14(16-2)11-9-17-19(3)10-11/h5-10,14,16H,4H2,1-3H3,(H,18,20). The molecule has 0 saturated carbocycles. The first kappa shape index (κ1) is 15.1. The van der Waals surface area contributed by atoms with Crippen molar-refractivity contribution in [3.63, 3.8) is 0 Å². The van der Waals surface area contributed by atoms with Crippen molar-refractivity contribution in [2.45, 2.75) is 13.0 Å². The molecule has 1 aromatic carbocycles. The van der Waals surface area contributed by atoms with Crippen LogP contribution in [0.25, 0.3) is 0 Å². The zero-order valence-corrected chi connectivity index (χ0v) is 12.5. The van der Waals surface area contributed by atoms with Crippen LogP contribution in [0.15, 0.2) is 36.7 Å². The van der Waals surface area contributed by atoms with Gasteiger partial charge >= 0.3 is 0 Å². The van der Waals surface area contributed by atoms with Crippen LogP contribution in [0.3, 0.4) is 0 Å². The highest BCUT2D eigenvalue weighted by atomic mass is 16.5. The fourth-order valence-corrected chi connectivity index (χ4v) is 2.08. The van der Waals surface area contributed by atoms with Crippen LogP contribution in [0.5, 0.6) is 5.75 Å². The fourth-order valence-electron chi connectivity index (χ4n) is 2.08. The summed E-state index contributed by atoms with van der Waals surface area (Å²) in [5.41, 5.74) is 1.52. The molecule has 0 radical (unpaired) electrons. The summed E-state index contributed by atoms with van der Waals surface area (Å²) in [5, 5.41) is 9.97.